The number of aliphatic carboxylic acids is 1. The molecule has 0 radical (unpaired) electrons. The van der Waals surface area contributed by atoms with Crippen molar-refractivity contribution >= 4 is 18.0 Å². The third-order valence-electron chi connectivity index (χ3n) is 6.33. The van der Waals surface area contributed by atoms with E-state index in [4.69, 9.17) is 9.84 Å². The summed E-state index contributed by atoms with van der Waals surface area (Å²) in [5.41, 5.74) is 4.73. The Morgan fingerprint density at radius 1 is 1.06 bits per heavy atom. The molecule has 182 valence electrons. The summed E-state index contributed by atoms with van der Waals surface area (Å²) < 4.78 is 5.55. The first-order valence-electron chi connectivity index (χ1n) is 12.0. The molecule has 2 aromatic carbocycles. The molecule has 2 N–H and O–H groups in total. The van der Waals surface area contributed by atoms with Gasteiger partial charge in [0.1, 0.15) is 6.61 Å². The Morgan fingerprint density at radius 2 is 1.68 bits per heavy atom. The summed E-state index contributed by atoms with van der Waals surface area (Å²) in [4.78, 5) is 37.1. The number of fused-ring (bicyclic) bond motifs is 3. The van der Waals surface area contributed by atoms with E-state index in [-0.39, 0.29) is 30.8 Å². The molecule has 0 spiro atoms. The summed E-state index contributed by atoms with van der Waals surface area (Å²) in [5.74, 6) is -0.719. The fourth-order valence-corrected chi connectivity index (χ4v) is 4.48. The van der Waals surface area contributed by atoms with E-state index in [1.54, 1.807) is 4.90 Å². The number of hydrogen-bond donors (Lipinski definition) is 2. The van der Waals surface area contributed by atoms with Crippen molar-refractivity contribution in [2.24, 2.45) is 5.92 Å². The lowest BCUT2D eigenvalue weighted by atomic mass is 9.98. The Bertz CT molecular complexity index is 961. The molecule has 0 saturated heterocycles. The third kappa shape index (κ3) is 6.59. The van der Waals surface area contributed by atoms with Crippen LogP contribution in [0.25, 0.3) is 11.1 Å². The summed E-state index contributed by atoms with van der Waals surface area (Å²) in [6.45, 7) is 5.58. The molecule has 7 heteroatoms. The third-order valence-corrected chi connectivity index (χ3v) is 6.33. The second-order valence-electron chi connectivity index (χ2n) is 8.82. The molecule has 2 aromatic rings. The Kier molecular flexibility index (Phi) is 9.08. The van der Waals surface area contributed by atoms with E-state index in [0.29, 0.717) is 38.9 Å². The van der Waals surface area contributed by atoms with E-state index in [2.05, 4.69) is 29.6 Å². The van der Waals surface area contributed by atoms with Crippen LogP contribution in [-0.4, -0.2) is 54.2 Å². The molecule has 0 heterocycles. The predicted molar refractivity (Wildman–Crippen MR) is 131 cm³/mol. The van der Waals surface area contributed by atoms with E-state index >= 15 is 0 Å². The number of amides is 2. The largest absolute Gasteiger partial charge is 0.481 e. The summed E-state index contributed by atoms with van der Waals surface area (Å²) >= 11 is 0. The number of carbonyl (C=O) groups is 3. The van der Waals surface area contributed by atoms with Crippen molar-refractivity contribution in [3.8, 4) is 11.1 Å². The van der Waals surface area contributed by atoms with Gasteiger partial charge in [0.25, 0.3) is 0 Å². The lowest BCUT2D eigenvalue weighted by Gasteiger charge is -2.22. The van der Waals surface area contributed by atoms with Crippen molar-refractivity contribution < 1.29 is 24.2 Å². The van der Waals surface area contributed by atoms with Crippen molar-refractivity contribution in [1.29, 1.82) is 0 Å². The van der Waals surface area contributed by atoms with Gasteiger partial charge in [-0.3, -0.25) is 9.59 Å². The number of nitrogens with zero attached hydrogens (tertiary/aromatic N) is 1. The number of ether oxygens (including phenoxy) is 1. The molecule has 1 aliphatic rings. The van der Waals surface area contributed by atoms with Gasteiger partial charge >= 0.3 is 12.1 Å². The van der Waals surface area contributed by atoms with Gasteiger partial charge in [-0.1, -0.05) is 55.5 Å². The van der Waals surface area contributed by atoms with Crippen molar-refractivity contribution in [2.45, 2.75) is 45.4 Å². The summed E-state index contributed by atoms with van der Waals surface area (Å²) in [5, 5.41) is 11.6. The average Bonchev–Trinajstić information content (AvgIpc) is 3.14. The highest BCUT2D eigenvalue weighted by Gasteiger charge is 2.29. The maximum Gasteiger partial charge on any atom is 0.407 e. The van der Waals surface area contributed by atoms with E-state index in [1.165, 1.54) is 22.3 Å². The molecular formula is C27H34N2O5. The molecule has 0 fully saturated rings. The number of benzene rings is 2. The van der Waals surface area contributed by atoms with Crippen LogP contribution in [0, 0.1) is 5.92 Å². The van der Waals surface area contributed by atoms with Gasteiger partial charge in [-0.25, -0.2) is 4.79 Å². The smallest absolute Gasteiger partial charge is 0.407 e. The van der Waals surface area contributed by atoms with E-state index in [9.17, 15) is 14.4 Å². The Labute approximate surface area is 201 Å². The number of carboxylic acid groups (broad SMARTS) is 1. The molecule has 1 aliphatic carbocycles. The number of carboxylic acids is 1. The second kappa shape index (κ2) is 12.2. The zero-order chi connectivity index (χ0) is 24.5. The van der Waals surface area contributed by atoms with E-state index < -0.39 is 12.1 Å². The normalized spacial score (nSPS) is 13.0. The van der Waals surface area contributed by atoms with Crippen molar-refractivity contribution in [2.75, 3.05) is 26.2 Å². The van der Waals surface area contributed by atoms with Crippen LogP contribution >= 0.6 is 0 Å². The summed E-state index contributed by atoms with van der Waals surface area (Å²) in [7, 11) is 0. The average molecular weight is 467 g/mol. The van der Waals surface area contributed by atoms with Crippen LogP contribution in [0.2, 0.25) is 0 Å². The van der Waals surface area contributed by atoms with Gasteiger partial charge < -0.3 is 20.1 Å². The van der Waals surface area contributed by atoms with Crippen LogP contribution in [0.1, 0.15) is 56.6 Å². The lowest BCUT2D eigenvalue weighted by Crippen LogP contribution is -2.33. The Hall–Kier alpha value is -3.35. The first-order valence-corrected chi connectivity index (χ1v) is 12.0. The van der Waals surface area contributed by atoms with E-state index in [1.807, 2.05) is 38.1 Å². The standard InChI is InChI=1S/C27H34N2O5/c1-3-29(16-8-13-26(31)32)25(30)17-19(2)14-15-28-27(33)34-18-24-22-11-6-4-9-20(22)21-10-5-7-12-23(21)24/h4-7,9-12,19,24H,3,8,13-18H2,1-2H3,(H,28,33)(H,31,32). The first kappa shape index (κ1) is 25.3. The number of alkyl carbamates (subject to hydrolysis) is 1. The second-order valence-corrected chi connectivity index (χ2v) is 8.82. The van der Waals surface area contributed by atoms with Crippen molar-refractivity contribution in [1.82, 2.24) is 10.2 Å². The maximum atomic E-state index is 12.5. The minimum atomic E-state index is -0.851. The van der Waals surface area contributed by atoms with Gasteiger partial charge in [0.05, 0.1) is 0 Å². The molecule has 0 aliphatic heterocycles. The van der Waals surface area contributed by atoms with Crippen LogP contribution in [0.5, 0.6) is 0 Å². The topological polar surface area (TPSA) is 95.9 Å². The Balaban J connectivity index is 1.40. The minimum absolute atomic E-state index is 0.0153. The number of carbonyl (C=O) groups excluding carboxylic acids is 2. The highest BCUT2D eigenvalue weighted by Crippen LogP contribution is 2.44. The first-order chi connectivity index (χ1) is 16.4. The fourth-order valence-electron chi connectivity index (χ4n) is 4.48. The molecular weight excluding hydrogens is 432 g/mol. The molecule has 0 saturated carbocycles. The van der Waals surface area contributed by atoms with Gasteiger partial charge in [0.15, 0.2) is 0 Å². The van der Waals surface area contributed by atoms with Gasteiger partial charge in [-0.2, -0.15) is 0 Å². The van der Waals surface area contributed by atoms with Crippen LogP contribution in [-0.2, 0) is 14.3 Å². The van der Waals surface area contributed by atoms with Crippen LogP contribution < -0.4 is 5.32 Å². The zero-order valence-electron chi connectivity index (χ0n) is 20.0. The molecule has 34 heavy (non-hydrogen) atoms. The minimum Gasteiger partial charge on any atom is -0.481 e. The predicted octanol–water partition coefficient (Wildman–Crippen LogP) is 4.65. The molecule has 0 aromatic heterocycles. The van der Waals surface area contributed by atoms with Crippen LogP contribution in [0.15, 0.2) is 48.5 Å². The van der Waals surface area contributed by atoms with Gasteiger partial charge in [-0.05, 0) is 47.9 Å². The molecule has 0 bridgehead atoms. The van der Waals surface area contributed by atoms with Crippen LogP contribution in [0.3, 0.4) is 0 Å². The lowest BCUT2D eigenvalue weighted by molar-refractivity contribution is -0.138. The molecule has 2 amide bonds. The zero-order valence-corrected chi connectivity index (χ0v) is 20.0. The van der Waals surface area contributed by atoms with Crippen molar-refractivity contribution in [3.05, 3.63) is 59.7 Å². The van der Waals surface area contributed by atoms with Gasteiger partial charge in [-0.15, -0.1) is 0 Å². The SMILES string of the molecule is CCN(CCCC(=O)O)C(=O)CC(C)CCNC(=O)OCC1c2ccccc2-c2ccccc21. The van der Waals surface area contributed by atoms with E-state index in [0.717, 1.165) is 0 Å². The monoisotopic (exact) mass is 466 g/mol. The highest BCUT2D eigenvalue weighted by molar-refractivity contribution is 5.79. The highest BCUT2D eigenvalue weighted by atomic mass is 16.5. The fraction of sp³-hybridized carbons (Fsp3) is 0.444. The quantitative estimate of drug-likeness (QED) is 0.475. The number of nitrogens with one attached hydrogen (secondary N) is 1. The summed E-state index contributed by atoms with van der Waals surface area (Å²) in [6.07, 6.45) is 1.08. The number of hydrogen-bond acceptors (Lipinski definition) is 4. The molecule has 1 unspecified atom stereocenters. The molecule has 7 nitrogen and oxygen atoms in total. The van der Waals surface area contributed by atoms with Crippen molar-refractivity contribution in [3.63, 3.8) is 0 Å². The maximum absolute atomic E-state index is 12.5. The van der Waals surface area contributed by atoms with Gasteiger partial charge in [0.2, 0.25) is 5.91 Å². The number of rotatable bonds is 12. The molecule has 3 rings (SSSR count). The Morgan fingerprint density at radius 3 is 2.26 bits per heavy atom. The van der Waals surface area contributed by atoms with Gasteiger partial charge in [0, 0.05) is 38.4 Å². The summed E-state index contributed by atoms with van der Waals surface area (Å²) in [6, 6.07) is 16.4. The molecule has 1 atom stereocenters. The van der Waals surface area contributed by atoms with Crippen LogP contribution in [0.4, 0.5) is 4.79 Å².